The van der Waals surface area contributed by atoms with Gasteiger partial charge in [-0.2, -0.15) is 0 Å². The highest BCUT2D eigenvalue weighted by Gasteiger charge is 2.40. The van der Waals surface area contributed by atoms with Gasteiger partial charge in [-0.25, -0.2) is 4.79 Å². The Morgan fingerprint density at radius 2 is 2.25 bits per heavy atom. The maximum Gasteiger partial charge on any atom is 0.350 e. The molecule has 2 bridgehead atoms. The number of thiophene rings is 1. The zero-order chi connectivity index (χ0) is 14.1. The van der Waals surface area contributed by atoms with Crippen LogP contribution >= 0.6 is 11.3 Å². The fraction of sp³-hybridized carbons (Fsp3) is 0.600. The molecule has 0 aliphatic heterocycles. The Balaban J connectivity index is 1.59. The van der Waals surface area contributed by atoms with Gasteiger partial charge in [0.05, 0.1) is 12.8 Å². The standard InChI is InChI=1S/C15H19NO3S/c1-19-15(18)14-12(4-5-20-14)16-13(17)8-11-7-9-2-3-10(11)6-9/h4-5,9-11H,2-3,6-8H2,1H3,(H,16,17)/t9-,10-,11-/m0/s1. The van der Waals surface area contributed by atoms with Crippen molar-refractivity contribution in [3.05, 3.63) is 16.3 Å². The van der Waals surface area contributed by atoms with Gasteiger partial charge in [0.25, 0.3) is 0 Å². The van der Waals surface area contributed by atoms with Crippen LogP contribution < -0.4 is 5.32 Å². The van der Waals surface area contributed by atoms with Gasteiger partial charge in [0.15, 0.2) is 0 Å². The summed E-state index contributed by atoms with van der Waals surface area (Å²) in [6.45, 7) is 0. The molecule has 0 saturated heterocycles. The smallest absolute Gasteiger partial charge is 0.350 e. The molecule has 3 rings (SSSR count). The maximum atomic E-state index is 12.1. The number of fused-ring (bicyclic) bond motifs is 2. The van der Waals surface area contributed by atoms with E-state index in [0.717, 1.165) is 11.8 Å². The van der Waals surface area contributed by atoms with Crippen molar-refractivity contribution in [1.29, 1.82) is 0 Å². The van der Waals surface area contributed by atoms with E-state index in [-0.39, 0.29) is 5.91 Å². The third-order valence-electron chi connectivity index (χ3n) is 4.64. The van der Waals surface area contributed by atoms with Gasteiger partial charge in [0, 0.05) is 6.42 Å². The molecule has 0 radical (unpaired) electrons. The van der Waals surface area contributed by atoms with Crippen molar-refractivity contribution in [3.63, 3.8) is 0 Å². The molecular weight excluding hydrogens is 274 g/mol. The second-order valence-electron chi connectivity index (χ2n) is 5.84. The molecule has 2 fully saturated rings. The van der Waals surface area contributed by atoms with Gasteiger partial charge in [0.1, 0.15) is 4.88 Å². The fourth-order valence-electron chi connectivity index (χ4n) is 3.72. The molecule has 2 aliphatic rings. The summed E-state index contributed by atoms with van der Waals surface area (Å²) in [6, 6.07) is 1.76. The monoisotopic (exact) mass is 293 g/mol. The van der Waals surface area contributed by atoms with Crippen molar-refractivity contribution < 1.29 is 14.3 Å². The average Bonchev–Trinajstić information content (AvgIpc) is 3.13. The molecule has 1 aromatic heterocycles. The predicted octanol–water partition coefficient (Wildman–Crippen LogP) is 3.30. The lowest BCUT2D eigenvalue weighted by molar-refractivity contribution is -0.117. The molecule has 4 nitrogen and oxygen atoms in total. The first-order chi connectivity index (χ1) is 9.67. The van der Waals surface area contributed by atoms with Crippen LogP contribution in [-0.4, -0.2) is 19.0 Å². The Kier molecular flexibility index (Phi) is 3.78. The Morgan fingerprint density at radius 1 is 1.40 bits per heavy atom. The Morgan fingerprint density at radius 3 is 2.90 bits per heavy atom. The van der Waals surface area contributed by atoms with Crippen LogP contribution in [0.5, 0.6) is 0 Å². The molecule has 1 N–H and O–H groups in total. The van der Waals surface area contributed by atoms with Crippen molar-refractivity contribution in [2.24, 2.45) is 17.8 Å². The first-order valence-corrected chi connectivity index (χ1v) is 8.01. The molecule has 108 valence electrons. The highest BCUT2D eigenvalue weighted by Crippen LogP contribution is 2.49. The van der Waals surface area contributed by atoms with Crippen molar-refractivity contribution in [3.8, 4) is 0 Å². The van der Waals surface area contributed by atoms with Gasteiger partial charge in [-0.3, -0.25) is 4.79 Å². The molecule has 1 amide bonds. The van der Waals surface area contributed by atoms with E-state index in [1.807, 2.05) is 0 Å². The predicted molar refractivity (Wildman–Crippen MR) is 77.8 cm³/mol. The lowest BCUT2D eigenvalue weighted by atomic mass is 9.86. The number of rotatable bonds is 4. The summed E-state index contributed by atoms with van der Waals surface area (Å²) in [5, 5.41) is 4.65. The molecule has 2 aliphatic carbocycles. The van der Waals surface area contributed by atoms with Gasteiger partial charge in [-0.1, -0.05) is 6.42 Å². The number of carbonyl (C=O) groups is 2. The Labute approximate surface area is 122 Å². The number of hydrogen-bond acceptors (Lipinski definition) is 4. The zero-order valence-electron chi connectivity index (χ0n) is 11.6. The molecule has 1 aromatic rings. The summed E-state index contributed by atoms with van der Waals surface area (Å²) in [5.41, 5.74) is 0.579. The van der Waals surface area contributed by atoms with E-state index in [0.29, 0.717) is 22.9 Å². The van der Waals surface area contributed by atoms with Gasteiger partial charge >= 0.3 is 5.97 Å². The number of anilines is 1. The van der Waals surface area contributed by atoms with E-state index < -0.39 is 5.97 Å². The quantitative estimate of drug-likeness (QED) is 0.867. The maximum absolute atomic E-state index is 12.1. The number of hydrogen-bond donors (Lipinski definition) is 1. The third kappa shape index (κ3) is 2.59. The second kappa shape index (κ2) is 5.56. The van der Waals surface area contributed by atoms with Gasteiger partial charge in [-0.05, 0) is 48.5 Å². The van der Waals surface area contributed by atoms with Crippen LogP contribution in [0.25, 0.3) is 0 Å². The topological polar surface area (TPSA) is 55.4 Å². The van der Waals surface area contributed by atoms with Crippen LogP contribution in [0.15, 0.2) is 11.4 Å². The summed E-state index contributed by atoms with van der Waals surface area (Å²) in [5.74, 6) is 1.76. The lowest BCUT2D eigenvalue weighted by Gasteiger charge is -2.20. The molecule has 2 saturated carbocycles. The van der Waals surface area contributed by atoms with E-state index in [1.54, 1.807) is 11.4 Å². The molecule has 1 heterocycles. The first kappa shape index (κ1) is 13.6. The number of carbonyl (C=O) groups excluding carboxylic acids is 2. The van der Waals surface area contributed by atoms with Crippen molar-refractivity contribution in [1.82, 2.24) is 0 Å². The normalized spacial score (nSPS) is 27.6. The van der Waals surface area contributed by atoms with E-state index in [9.17, 15) is 9.59 Å². The number of ether oxygens (including phenoxy) is 1. The number of esters is 1. The number of methoxy groups -OCH3 is 1. The first-order valence-electron chi connectivity index (χ1n) is 7.13. The van der Waals surface area contributed by atoms with Crippen molar-refractivity contribution >= 4 is 28.9 Å². The summed E-state index contributed by atoms with van der Waals surface area (Å²) in [7, 11) is 1.35. The van der Waals surface area contributed by atoms with Crippen LogP contribution in [0.1, 0.15) is 41.8 Å². The zero-order valence-corrected chi connectivity index (χ0v) is 12.4. The van der Waals surface area contributed by atoms with E-state index in [2.05, 4.69) is 5.32 Å². The van der Waals surface area contributed by atoms with Crippen LogP contribution in [0.3, 0.4) is 0 Å². The Hall–Kier alpha value is -1.36. The number of nitrogens with one attached hydrogen (secondary N) is 1. The van der Waals surface area contributed by atoms with Gasteiger partial charge < -0.3 is 10.1 Å². The van der Waals surface area contributed by atoms with Gasteiger partial charge in [-0.15, -0.1) is 11.3 Å². The SMILES string of the molecule is COC(=O)c1sccc1NC(=O)C[C@@H]1C[C@H]2CC[C@H]1C2. The summed E-state index contributed by atoms with van der Waals surface area (Å²) < 4.78 is 4.71. The highest BCUT2D eigenvalue weighted by atomic mass is 32.1. The molecule has 3 atom stereocenters. The van der Waals surface area contributed by atoms with Crippen LogP contribution in [0.2, 0.25) is 0 Å². The molecular formula is C15H19NO3S. The van der Waals surface area contributed by atoms with E-state index >= 15 is 0 Å². The number of amides is 1. The largest absolute Gasteiger partial charge is 0.465 e. The van der Waals surface area contributed by atoms with Crippen molar-refractivity contribution in [2.75, 3.05) is 12.4 Å². The minimum atomic E-state index is -0.393. The van der Waals surface area contributed by atoms with Crippen LogP contribution in [0, 0.1) is 17.8 Å². The molecule has 0 aromatic carbocycles. The van der Waals surface area contributed by atoms with Gasteiger partial charge in [0.2, 0.25) is 5.91 Å². The fourth-order valence-corrected chi connectivity index (χ4v) is 4.49. The summed E-state index contributed by atoms with van der Waals surface area (Å²) >= 11 is 1.29. The average molecular weight is 293 g/mol. The molecule has 0 unspecified atom stereocenters. The summed E-state index contributed by atoms with van der Waals surface area (Å²) in [4.78, 5) is 24.2. The molecule has 5 heteroatoms. The van der Waals surface area contributed by atoms with E-state index in [1.165, 1.54) is 44.1 Å². The minimum Gasteiger partial charge on any atom is -0.465 e. The highest BCUT2D eigenvalue weighted by molar-refractivity contribution is 7.12. The second-order valence-corrected chi connectivity index (χ2v) is 6.76. The molecule has 20 heavy (non-hydrogen) atoms. The molecule has 0 spiro atoms. The van der Waals surface area contributed by atoms with Crippen LogP contribution in [0.4, 0.5) is 5.69 Å². The third-order valence-corrected chi connectivity index (χ3v) is 5.54. The Bertz CT molecular complexity index is 525. The minimum absolute atomic E-state index is 0.0195. The van der Waals surface area contributed by atoms with Crippen LogP contribution in [-0.2, 0) is 9.53 Å². The van der Waals surface area contributed by atoms with Crippen molar-refractivity contribution in [2.45, 2.75) is 32.1 Å². The van der Waals surface area contributed by atoms with E-state index in [4.69, 9.17) is 4.74 Å². The lowest BCUT2D eigenvalue weighted by Crippen LogP contribution is -2.20. The summed E-state index contributed by atoms with van der Waals surface area (Å²) in [6.07, 6.45) is 5.72.